The van der Waals surface area contributed by atoms with Crippen molar-refractivity contribution >= 4 is 21.9 Å². The van der Waals surface area contributed by atoms with Crippen molar-refractivity contribution in [2.75, 3.05) is 26.2 Å². The molecule has 2 aliphatic heterocycles. The Labute approximate surface area is 172 Å². The monoisotopic (exact) mass is 420 g/mol. The van der Waals surface area contributed by atoms with E-state index in [0.717, 1.165) is 38.5 Å². The van der Waals surface area contributed by atoms with Crippen LogP contribution in [-0.4, -0.2) is 61.3 Å². The number of cyclic esters (lactones) is 1. The van der Waals surface area contributed by atoms with Crippen LogP contribution in [0.1, 0.15) is 61.7 Å². The van der Waals surface area contributed by atoms with Gasteiger partial charge in [-0.3, -0.25) is 4.79 Å². The second-order valence-corrected chi connectivity index (χ2v) is 10.1. The summed E-state index contributed by atoms with van der Waals surface area (Å²) in [5, 5.41) is 0. The second-order valence-electron chi connectivity index (χ2n) is 8.17. The van der Waals surface area contributed by atoms with Crippen LogP contribution in [0.15, 0.2) is 29.2 Å². The molecule has 0 atom stereocenters. The lowest BCUT2D eigenvalue weighted by molar-refractivity contribution is -0.168. The molecule has 0 bridgehead atoms. The predicted octanol–water partition coefficient (Wildman–Crippen LogP) is 2.56. The number of amides is 1. The molecule has 0 aromatic heterocycles. The summed E-state index contributed by atoms with van der Waals surface area (Å²) < 4.78 is 32.5. The van der Waals surface area contributed by atoms with E-state index in [9.17, 15) is 18.0 Å². The number of hydrogen-bond donors (Lipinski definition) is 0. The summed E-state index contributed by atoms with van der Waals surface area (Å²) in [6.07, 6.45) is 6.90. The molecule has 158 valence electrons. The normalized spacial score (nSPS) is 23.0. The van der Waals surface area contributed by atoms with Crippen LogP contribution in [0.4, 0.5) is 0 Å². The average molecular weight is 421 g/mol. The van der Waals surface area contributed by atoms with Gasteiger partial charge >= 0.3 is 5.97 Å². The Balaban J connectivity index is 1.56. The van der Waals surface area contributed by atoms with E-state index in [1.165, 1.54) is 16.4 Å². The van der Waals surface area contributed by atoms with Gasteiger partial charge in [0.15, 0.2) is 0 Å². The van der Waals surface area contributed by atoms with Crippen LogP contribution >= 0.6 is 0 Å². The molecule has 1 saturated carbocycles. The van der Waals surface area contributed by atoms with E-state index in [2.05, 4.69) is 0 Å². The van der Waals surface area contributed by atoms with Crippen molar-refractivity contribution in [1.82, 2.24) is 9.21 Å². The Hall–Kier alpha value is -1.93. The number of hydrogen-bond acceptors (Lipinski definition) is 5. The van der Waals surface area contributed by atoms with Crippen LogP contribution in [0.5, 0.6) is 0 Å². The standard InChI is InChI=1S/C21H28N2O5S/c24-19(23-15-16-28-20(25)21(23)11-3-1-4-12-21)17-7-9-18(10-8-17)29(26,27)22-13-5-2-6-14-22/h7-10H,1-6,11-16H2. The molecule has 1 aromatic rings. The zero-order valence-electron chi connectivity index (χ0n) is 16.6. The highest BCUT2D eigenvalue weighted by Gasteiger charge is 2.50. The number of carbonyl (C=O) groups is 2. The van der Waals surface area contributed by atoms with Crippen LogP contribution in [0, 0.1) is 0 Å². The Kier molecular flexibility index (Phi) is 5.66. The van der Waals surface area contributed by atoms with Crippen LogP contribution in [0.3, 0.4) is 0 Å². The first-order valence-electron chi connectivity index (χ1n) is 10.5. The minimum absolute atomic E-state index is 0.202. The van der Waals surface area contributed by atoms with Crippen LogP contribution < -0.4 is 0 Å². The number of benzene rings is 1. The molecule has 2 heterocycles. The third-order valence-corrected chi connectivity index (χ3v) is 8.34. The van der Waals surface area contributed by atoms with E-state index in [1.807, 2.05) is 0 Å². The molecule has 1 aliphatic carbocycles. The summed E-state index contributed by atoms with van der Waals surface area (Å²) in [5.41, 5.74) is -0.464. The zero-order chi connectivity index (χ0) is 20.5. The molecule has 4 rings (SSSR count). The number of piperidine rings is 1. The highest BCUT2D eigenvalue weighted by atomic mass is 32.2. The largest absolute Gasteiger partial charge is 0.462 e. The minimum Gasteiger partial charge on any atom is -0.462 e. The van der Waals surface area contributed by atoms with Gasteiger partial charge in [0, 0.05) is 18.7 Å². The lowest BCUT2D eigenvalue weighted by atomic mass is 9.79. The van der Waals surface area contributed by atoms with E-state index >= 15 is 0 Å². The highest BCUT2D eigenvalue weighted by Crippen LogP contribution is 2.37. The smallest absolute Gasteiger partial charge is 0.332 e. The summed E-state index contributed by atoms with van der Waals surface area (Å²) in [6.45, 7) is 1.66. The van der Waals surface area contributed by atoms with Crippen LogP contribution in [0.25, 0.3) is 0 Å². The molecule has 3 fully saturated rings. The van der Waals surface area contributed by atoms with Crippen molar-refractivity contribution in [1.29, 1.82) is 0 Å². The van der Waals surface area contributed by atoms with Crippen molar-refractivity contribution in [2.45, 2.75) is 61.8 Å². The Bertz CT molecular complexity index is 869. The number of morpholine rings is 1. The van der Waals surface area contributed by atoms with E-state index in [-0.39, 0.29) is 23.4 Å². The van der Waals surface area contributed by atoms with Crippen LogP contribution in [0.2, 0.25) is 0 Å². The lowest BCUT2D eigenvalue weighted by Crippen LogP contribution is -2.62. The van der Waals surface area contributed by atoms with Gasteiger partial charge in [-0.1, -0.05) is 25.7 Å². The van der Waals surface area contributed by atoms with Gasteiger partial charge in [-0.25, -0.2) is 13.2 Å². The van der Waals surface area contributed by atoms with Gasteiger partial charge in [-0.05, 0) is 49.9 Å². The average Bonchev–Trinajstić information content (AvgIpc) is 2.77. The van der Waals surface area contributed by atoms with Crippen molar-refractivity contribution in [2.24, 2.45) is 0 Å². The summed E-state index contributed by atoms with van der Waals surface area (Å²) in [5.74, 6) is -0.536. The maximum atomic E-state index is 13.2. The van der Waals surface area contributed by atoms with Gasteiger partial charge in [0.2, 0.25) is 10.0 Å². The third kappa shape index (κ3) is 3.68. The molecule has 0 radical (unpaired) electrons. The number of sulfonamides is 1. The number of rotatable bonds is 3. The topological polar surface area (TPSA) is 84.0 Å². The third-order valence-electron chi connectivity index (χ3n) is 6.42. The molecule has 29 heavy (non-hydrogen) atoms. The first-order chi connectivity index (χ1) is 13.9. The quantitative estimate of drug-likeness (QED) is 0.702. The van der Waals surface area contributed by atoms with Gasteiger partial charge in [0.25, 0.3) is 5.91 Å². The number of nitrogens with zero attached hydrogens (tertiary/aromatic N) is 2. The van der Waals surface area contributed by atoms with E-state index in [1.54, 1.807) is 17.0 Å². The summed E-state index contributed by atoms with van der Waals surface area (Å²) in [4.78, 5) is 27.7. The Morgan fingerprint density at radius 2 is 1.52 bits per heavy atom. The van der Waals surface area contributed by atoms with Gasteiger partial charge in [-0.15, -0.1) is 0 Å². The Morgan fingerprint density at radius 1 is 0.897 bits per heavy atom. The van der Waals surface area contributed by atoms with Crippen molar-refractivity contribution in [3.8, 4) is 0 Å². The molecular weight excluding hydrogens is 392 g/mol. The SMILES string of the molecule is O=C(c1ccc(S(=O)(=O)N2CCCCC2)cc1)N1CCOC(=O)C12CCCCC2. The molecule has 1 amide bonds. The summed E-state index contributed by atoms with van der Waals surface area (Å²) in [7, 11) is -3.53. The van der Waals surface area contributed by atoms with E-state index < -0.39 is 15.6 Å². The van der Waals surface area contributed by atoms with E-state index in [4.69, 9.17) is 4.74 Å². The molecule has 1 aromatic carbocycles. The second kappa shape index (κ2) is 8.07. The van der Waals surface area contributed by atoms with Gasteiger partial charge in [-0.2, -0.15) is 4.31 Å². The molecule has 3 aliphatic rings. The molecule has 0 N–H and O–H groups in total. The van der Waals surface area contributed by atoms with Crippen molar-refractivity contribution in [3.05, 3.63) is 29.8 Å². The minimum atomic E-state index is -3.53. The highest BCUT2D eigenvalue weighted by molar-refractivity contribution is 7.89. The fourth-order valence-electron chi connectivity index (χ4n) is 4.77. The summed E-state index contributed by atoms with van der Waals surface area (Å²) >= 11 is 0. The predicted molar refractivity (Wildman–Crippen MR) is 107 cm³/mol. The van der Waals surface area contributed by atoms with Crippen molar-refractivity contribution in [3.63, 3.8) is 0 Å². The first-order valence-corrected chi connectivity index (χ1v) is 12.0. The molecule has 7 nitrogen and oxygen atoms in total. The van der Waals surface area contributed by atoms with Gasteiger partial charge in [0.05, 0.1) is 11.4 Å². The Morgan fingerprint density at radius 3 is 2.17 bits per heavy atom. The zero-order valence-corrected chi connectivity index (χ0v) is 17.5. The molecule has 8 heteroatoms. The summed E-state index contributed by atoms with van der Waals surface area (Å²) in [6, 6.07) is 6.14. The van der Waals surface area contributed by atoms with Crippen LogP contribution in [-0.2, 0) is 19.6 Å². The van der Waals surface area contributed by atoms with Crippen molar-refractivity contribution < 1.29 is 22.7 Å². The van der Waals surface area contributed by atoms with Gasteiger partial charge < -0.3 is 9.64 Å². The lowest BCUT2D eigenvalue weighted by Gasteiger charge is -2.47. The number of esters is 1. The molecular formula is C21H28N2O5S. The van der Waals surface area contributed by atoms with Gasteiger partial charge in [0.1, 0.15) is 12.1 Å². The molecule has 1 spiro atoms. The van der Waals surface area contributed by atoms with E-state index in [0.29, 0.717) is 38.0 Å². The molecule has 0 unspecified atom stereocenters. The molecule has 2 saturated heterocycles. The fraction of sp³-hybridized carbons (Fsp3) is 0.619. The fourth-order valence-corrected chi connectivity index (χ4v) is 6.29. The maximum Gasteiger partial charge on any atom is 0.332 e. The maximum absolute atomic E-state index is 13.2. The first kappa shape index (κ1) is 20.3. The number of carbonyl (C=O) groups excluding carboxylic acids is 2. The number of ether oxygens (including phenoxy) is 1.